The summed E-state index contributed by atoms with van der Waals surface area (Å²) in [4.78, 5) is 25.7. The number of hydrogen-bond acceptors (Lipinski definition) is 8. The number of amides is 1. The van der Waals surface area contributed by atoms with Crippen molar-refractivity contribution in [2.45, 2.75) is 44.1 Å². The van der Waals surface area contributed by atoms with E-state index in [0.717, 1.165) is 43.1 Å². The molecule has 1 unspecified atom stereocenters. The average molecular weight is 508 g/mol. The first-order valence-corrected chi connectivity index (χ1v) is 12.4. The van der Waals surface area contributed by atoms with Crippen molar-refractivity contribution >= 4 is 17.5 Å². The number of carbonyl (C=O) groups is 1. The molecule has 1 amide bonds. The van der Waals surface area contributed by atoms with Crippen molar-refractivity contribution in [1.82, 2.24) is 20.3 Å². The summed E-state index contributed by atoms with van der Waals surface area (Å²) in [5.41, 5.74) is 3.03. The van der Waals surface area contributed by atoms with E-state index < -0.39 is 11.2 Å². The van der Waals surface area contributed by atoms with Crippen molar-refractivity contribution in [3.63, 3.8) is 0 Å². The molecule has 0 bridgehead atoms. The first-order valence-electron chi connectivity index (χ1n) is 12.4. The fourth-order valence-electron chi connectivity index (χ4n) is 4.83. The molecule has 5 rings (SSSR count). The Labute approximate surface area is 214 Å². The third-order valence-corrected chi connectivity index (χ3v) is 7.17. The topological polar surface area (TPSA) is 118 Å². The number of ether oxygens (including phenoxy) is 2. The summed E-state index contributed by atoms with van der Waals surface area (Å²) in [6, 6.07) is 6.96. The van der Waals surface area contributed by atoms with Crippen LogP contribution < -0.4 is 15.4 Å². The van der Waals surface area contributed by atoms with Gasteiger partial charge in [-0.3, -0.25) is 9.78 Å². The Balaban J connectivity index is 1.38. The quantitative estimate of drug-likeness (QED) is 0.445. The normalized spacial score (nSPS) is 19.4. The second-order valence-corrected chi connectivity index (χ2v) is 9.73. The maximum absolute atomic E-state index is 14.8. The number of aliphatic hydroxyl groups excluding tert-OH is 1. The maximum atomic E-state index is 14.8. The lowest BCUT2D eigenvalue weighted by Crippen LogP contribution is -2.38. The van der Waals surface area contributed by atoms with Gasteiger partial charge in [0.05, 0.1) is 25.6 Å². The molecule has 3 heterocycles. The van der Waals surface area contributed by atoms with Gasteiger partial charge in [0.25, 0.3) is 5.91 Å². The van der Waals surface area contributed by atoms with Gasteiger partial charge in [0.15, 0.2) is 5.82 Å². The molecule has 1 aliphatic heterocycles. The second-order valence-electron chi connectivity index (χ2n) is 9.73. The van der Waals surface area contributed by atoms with E-state index in [2.05, 4.69) is 25.6 Å². The number of benzene rings is 1. The van der Waals surface area contributed by atoms with Crippen LogP contribution in [0.2, 0.25) is 0 Å². The van der Waals surface area contributed by atoms with Crippen LogP contribution in [0.1, 0.15) is 47.8 Å². The molecule has 2 aromatic heterocycles. The lowest BCUT2D eigenvalue weighted by molar-refractivity contribution is 0.0696. The van der Waals surface area contributed by atoms with Crippen LogP contribution in [0.3, 0.4) is 0 Å². The van der Waals surface area contributed by atoms with E-state index in [-0.39, 0.29) is 30.2 Å². The van der Waals surface area contributed by atoms with Crippen LogP contribution in [0.15, 0.2) is 36.7 Å². The van der Waals surface area contributed by atoms with Crippen molar-refractivity contribution in [3.8, 4) is 17.0 Å². The van der Waals surface area contributed by atoms with E-state index in [1.54, 1.807) is 24.4 Å². The third-order valence-electron chi connectivity index (χ3n) is 7.17. The van der Waals surface area contributed by atoms with Gasteiger partial charge in [0, 0.05) is 47.7 Å². The number of carbonyl (C=O) groups excluding carboxylic acids is 1. The highest BCUT2D eigenvalue weighted by Gasteiger charge is 2.35. The molecule has 1 atom stereocenters. The largest absolute Gasteiger partial charge is 0.495 e. The van der Waals surface area contributed by atoms with Gasteiger partial charge in [-0.25, -0.2) is 14.4 Å². The fourth-order valence-corrected chi connectivity index (χ4v) is 4.83. The number of hydrogen-bond donors (Lipinski definition) is 3. The minimum atomic E-state index is -0.580. The Morgan fingerprint density at radius 1 is 1.24 bits per heavy atom. The molecule has 1 aromatic carbocycles. The highest BCUT2D eigenvalue weighted by Crippen LogP contribution is 2.39. The minimum absolute atomic E-state index is 0.00687. The van der Waals surface area contributed by atoms with E-state index >= 15 is 0 Å². The maximum Gasteiger partial charge on any atom is 0.251 e. The van der Waals surface area contributed by atoms with Crippen LogP contribution in [-0.2, 0) is 16.6 Å². The molecule has 10 heteroatoms. The number of pyridine rings is 1. The predicted molar refractivity (Wildman–Crippen MR) is 136 cm³/mol. The van der Waals surface area contributed by atoms with Crippen LogP contribution in [0.25, 0.3) is 11.3 Å². The number of rotatable bonds is 7. The van der Waals surface area contributed by atoms with Crippen molar-refractivity contribution in [3.05, 3.63) is 59.3 Å². The van der Waals surface area contributed by atoms with Crippen LogP contribution in [0.5, 0.6) is 5.75 Å². The summed E-state index contributed by atoms with van der Waals surface area (Å²) in [6.07, 6.45) is 5.83. The lowest BCUT2D eigenvalue weighted by atomic mass is 9.85. The van der Waals surface area contributed by atoms with E-state index in [1.165, 1.54) is 7.11 Å². The van der Waals surface area contributed by atoms with Gasteiger partial charge >= 0.3 is 0 Å². The van der Waals surface area contributed by atoms with Crippen LogP contribution in [-0.4, -0.2) is 58.9 Å². The number of aliphatic hydroxyl groups is 1. The number of fused-ring (bicyclic) bond motifs is 1. The Hall–Kier alpha value is -3.63. The summed E-state index contributed by atoms with van der Waals surface area (Å²) in [6.45, 7) is 3.25. The zero-order valence-electron chi connectivity index (χ0n) is 20.9. The zero-order valence-corrected chi connectivity index (χ0v) is 20.9. The van der Waals surface area contributed by atoms with Gasteiger partial charge in [-0.15, -0.1) is 0 Å². The lowest BCUT2D eigenvalue weighted by Gasteiger charge is -2.23. The molecule has 3 aromatic rings. The van der Waals surface area contributed by atoms with Crippen LogP contribution >= 0.6 is 0 Å². The molecule has 2 aliphatic rings. The molecule has 0 spiro atoms. The molecule has 1 aliphatic carbocycles. The van der Waals surface area contributed by atoms with Gasteiger partial charge in [0.1, 0.15) is 11.4 Å². The van der Waals surface area contributed by atoms with Gasteiger partial charge in [-0.2, -0.15) is 0 Å². The minimum Gasteiger partial charge on any atom is -0.495 e. The Kier molecular flexibility index (Phi) is 7.03. The molecule has 9 nitrogen and oxygen atoms in total. The molecular formula is C27H30FN5O4. The molecule has 1 saturated heterocycles. The molecule has 3 N–H and O–H groups in total. The molecule has 37 heavy (non-hydrogen) atoms. The highest BCUT2D eigenvalue weighted by atomic mass is 19.1. The van der Waals surface area contributed by atoms with Crippen molar-refractivity contribution in [2.75, 3.05) is 32.2 Å². The Morgan fingerprint density at radius 2 is 2.05 bits per heavy atom. The van der Waals surface area contributed by atoms with Crippen molar-refractivity contribution < 1.29 is 23.8 Å². The Morgan fingerprint density at radius 3 is 2.81 bits per heavy atom. The van der Waals surface area contributed by atoms with E-state index in [0.29, 0.717) is 35.8 Å². The SMILES string of the molecule is COc1cc(C(=O)NC2CCOCC2)ccc1Nc1ncc(F)c(-c2cnc3c(c2)C(C)(CO)CC3)n1. The van der Waals surface area contributed by atoms with Crippen molar-refractivity contribution in [2.24, 2.45) is 0 Å². The predicted octanol–water partition coefficient (Wildman–Crippen LogP) is 3.53. The standard InChI is InChI=1S/C27H30FN5O4/c1-27(15-34)8-5-21-19(27)11-17(13-29-21)24-20(28)14-30-26(33-24)32-22-4-3-16(12-23(22)36-2)25(35)31-18-6-9-37-10-7-18/h3-4,11-14,18,34H,5-10,15H2,1-2H3,(H,31,35)(H,30,32,33). The van der Waals surface area contributed by atoms with Crippen molar-refractivity contribution in [1.29, 1.82) is 0 Å². The summed E-state index contributed by atoms with van der Waals surface area (Å²) in [7, 11) is 1.51. The molecule has 1 fully saturated rings. The molecular weight excluding hydrogens is 477 g/mol. The van der Waals surface area contributed by atoms with Gasteiger partial charge in [-0.1, -0.05) is 6.92 Å². The fraction of sp³-hybridized carbons (Fsp3) is 0.407. The van der Waals surface area contributed by atoms with Crippen LogP contribution in [0.4, 0.5) is 16.0 Å². The molecule has 0 saturated carbocycles. The van der Waals surface area contributed by atoms with E-state index in [9.17, 15) is 14.3 Å². The third kappa shape index (κ3) is 5.12. The first-order chi connectivity index (χ1) is 17.9. The summed E-state index contributed by atoms with van der Waals surface area (Å²) in [5, 5.41) is 16.0. The summed E-state index contributed by atoms with van der Waals surface area (Å²) < 4.78 is 25.6. The Bertz CT molecular complexity index is 1310. The number of aryl methyl sites for hydroxylation is 1. The summed E-state index contributed by atoms with van der Waals surface area (Å²) in [5.74, 6) is -0.175. The number of nitrogens with one attached hydrogen (secondary N) is 2. The number of halogens is 1. The van der Waals surface area contributed by atoms with E-state index in [4.69, 9.17) is 9.47 Å². The van der Waals surface area contributed by atoms with Gasteiger partial charge < -0.3 is 25.2 Å². The van der Waals surface area contributed by atoms with Gasteiger partial charge in [0.2, 0.25) is 5.95 Å². The number of methoxy groups -OCH3 is 1. The monoisotopic (exact) mass is 507 g/mol. The average Bonchev–Trinajstić information content (AvgIpc) is 3.26. The zero-order chi connectivity index (χ0) is 26.0. The first kappa shape index (κ1) is 25.0. The number of anilines is 2. The van der Waals surface area contributed by atoms with E-state index in [1.807, 2.05) is 13.0 Å². The second kappa shape index (κ2) is 10.4. The van der Waals surface area contributed by atoms with Gasteiger partial charge in [-0.05, 0) is 55.5 Å². The highest BCUT2D eigenvalue weighted by molar-refractivity contribution is 5.95. The number of aromatic nitrogens is 3. The molecule has 194 valence electrons. The van der Waals surface area contributed by atoms with Crippen LogP contribution in [0, 0.1) is 5.82 Å². The molecule has 0 radical (unpaired) electrons. The smallest absolute Gasteiger partial charge is 0.251 e. The number of nitrogens with zero attached hydrogens (tertiary/aromatic N) is 3. The summed E-state index contributed by atoms with van der Waals surface area (Å²) >= 11 is 0.